The normalized spacial score (nSPS) is 18.6. The van der Waals surface area contributed by atoms with Crippen LogP contribution in [0.1, 0.15) is 5.56 Å². The lowest BCUT2D eigenvalue weighted by Gasteiger charge is -2.30. The maximum atomic E-state index is 11.9. The summed E-state index contributed by atoms with van der Waals surface area (Å²) in [6, 6.07) is 3.52. The number of carbonyl (C=O) groups is 2. The number of carboxylic acids is 1. The van der Waals surface area contributed by atoms with Crippen molar-refractivity contribution in [3.05, 3.63) is 30.1 Å². The number of urea groups is 1. The van der Waals surface area contributed by atoms with E-state index in [1.807, 2.05) is 12.1 Å². The number of carbonyl (C=O) groups excluding carboxylic acids is 1. The van der Waals surface area contributed by atoms with Gasteiger partial charge in [0, 0.05) is 25.5 Å². The monoisotopic (exact) mass is 279 g/mol. The second-order valence-corrected chi connectivity index (χ2v) is 4.49. The first-order valence-electron chi connectivity index (χ1n) is 6.43. The number of aliphatic carboxylic acids is 1. The van der Waals surface area contributed by atoms with E-state index in [9.17, 15) is 9.59 Å². The van der Waals surface area contributed by atoms with Gasteiger partial charge in [-0.05, 0) is 18.1 Å². The molecule has 0 aromatic carbocycles. The smallest absolute Gasteiger partial charge is 0.334 e. The van der Waals surface area contributed by atoms with Crippen LogP contribution in [0.5, 0.6) is 0 Å². The van der Waals surface area contributed by atoms with Gasteiger partial charge in [0.25, 0.3) is 0 Å². The Labute approximate surface area is 116 Å². The quantitative estimate of drug-likeness (QED) is 0.816. The van der Waals surface area contributed by atoms with Crippen molar-refractivity contribution in [2.45, 2.75) is 12.5 Å². The molecule has 1 aromatic heterocycles. The highest BCUT2D eigenvalue weighted by molar-refractivity contribution is 5.77. The standard InChI is InChI=1S/C13H17N3O4/c17-12(18)11-9-16(6-7-20-11)13(19)15-5-3-10-2-1-4-14-8-10/h1-2,4,8,11H,3,5-7,9H2,(H,15,19)(H,17,18). The highest BCUT2D eigenvalue weighted by Gasteiger charge is 2.28. The molecule has 2 rings (SSSR count). The fourth-order valence-corrected chi connectivity index (χ4v) is 1.95. The Morgan fingerprint density at radius 1 is 1.55 bits per heavy atom. The summed E-state index contributed by atoms with van der Waals surface area (Å²) < 4.78 is 5.06. The van der Waals surface area contributed by atoms with E-state index in [0.717, 1.165) is 5.56 Å². The molecule has 1 atom stereocenters. The molecule has 2 N–H and O–H groups in total. The second-order valence-electron chi connectivity index (χ2n) is 4.49. The molecular weight excluding hydrogens is 262 g/mol. The number of hydrogen-bond acceptors (Lipinski definition) is 4. The van der Waals surface area contributed by atoms with Gasteiger partial charge < -0.3 is 20.1 Å². The van der Waals surface area contributed by atoms with Gasteiger partial charge in [-0.3, -0.25) is 4.98 Å². The Hall–Kier alpha value is -2.15. The largest absolute Gasteiger partial charge is 0.479 e. The van der Waals surface area contributed by atoms with Crippen molar-refractivity contribution in [1.29, 1.82) is 0 Å². The number of aromatic nitrogens is 1. The van der Waals surface area contributed by atoms with Gasteiger partial charge in [0.15, 0.2) is 6.10 Å². The highest BCUT2D eigenvalue weighted by atomic mass is 16.5. The molecular formula is C13H17N3O4. The molecule has 0 radical (unpaired) electrons. The van der Waals surface area contributed by atoms with Gasteiger partial charge in [0.1, 0.15) is 0 Å². The molecule has 7 nitrogen and oxygen atoms in total. The SMILES string of the molecule is O=C(O)C1CN(C(=O)NCCc2cccnc2)CCO1. The maximum absolute atomic E-state index is 11.9. The van der Waals surface area contributed by atoms with Gasteiger partial charge in [0.05, 0.1) is 13.2 Å². The van der Waals surface area contributed by atoms with E-state index in [4.69, 9.17) is 9.84 Å². The average molecular weight is 279 g/mol. The number of amides is 2. The molecule has 1 saturated heterocycles. The van der Waals surface area contributed by atoms with Crippen molar-refractivity contribution in [1.82, 2.24) is 15.2 Å². The summed E-state index contributed by atoms with van der Waals surface area (Å²) >= 11 is 0. The van der Waals surface area contributed by atoms with Crippen LogP contribution >= 0.6 is 0 Å². The Kier molecular flexibility index (Phi) is 4.89. The molecule has 0 saturated carbocycles. The minimum Gasteiger partial charge on any atom is -0.479 e. The third-order valence-corrected chi connectivity index (χ3v) is 3.04. The predicted molar refractivity (Wildman–Crippen MR) is 70.3 cm³/mol. The summed E-state index contributed by atoms with van der Waals surface area (Å²) in [6.07, 6.45) is 3.20. The summed E-state index contributed by atoms with van der Waals surface area (Å²) in [5, 5.41) is 11.6. The van der Waals surface area contributed by atoms with Crippen LogP contribution in [0.3, 0.4) is 0 Å². The van der Waals surface area contributed by atoms with Crippen molar-refractivity contribution in [2.75, 3.05) is 26.2 Å². The number of rotatable bonds is 4. The molecule has 1 fully saturated rings. The van der Waals surface area contributed by atoms with Crippen molar-refractivity contribution in [3.8, 4) is 0 Å². The molecule has 0 spiro atoms. The summed E-state index contributed by atoms with van der Waals surface area (Å²) in [4.78, 5) is 28.2. The zero-order valence-corrected chi connectivity index (χ0v) is 11.0. The van der Waals surface area contributed by atoms with Gasteiger partial charge in [-0.25, -0.2) is 9.59 Å². The van der Waals surface area contributed by atoms with Gasteiger partial charge in [0.2, 0.25) is 0 Å². The molecule has 0 aliphatic carbocycles. The third kappa shape index (κ3) is 3.92. The first kappa shape index (κ1) is 14.3. The number of carboxylic acid groups (broad SMARTS) is 1. The fourth-order valence-electron chi connectivity index (χ4n) is 1.95. The number of morpholine rings is 1. The number of ether oxygens (including phenoxy) is 1. The van der Waals surface area contributed by atoms with E-state index < -0.39 is 12.1 Å². The Morgan fingerprint density at radius 3 is 3.10 bits per heavy atom. The zero-order chi connectivity index (χ0) is 14.4. The lowest BCUT2D eigenvalue weighted by atomic mass is 10.2. The van der Waals surface area contributed by atoms with Crippen molar-refractivity contribution >= 4 is 12.0 Å². The zero-order valence-electron chi connectivity index (χ0n) is 11.0. The van der Waals surface area contributed by atoms with Crippen LogP contribution in [0.15, 0.2) is 24.5 Å². The molecule has 7 heteroatoms. The molecule has 1 aromatic rings. The van der Waals surface area contributed by atoms with Crippen molar-refractivity contribution in [3.63, 3.8) is 0 Å². The topological polar surface area (TPSA) is 91.8 Å². The molecule has 1 unspecified atom stereocenters. The number of nitrogens with one attached hydrogen (secondary N) is 1. The van der Waals surface area contributed by atoms with Gasteiger partial charge in [-0.1, -0.05) is 6.07 Å². The van der Waals surface area contributed by atoms with Crippen LogP contribution < -0.4 is 5.32 Å². The lowest BCUT2D eigenvalue weighted by Crippen LogP contribution is -2.52. The van der Waals surface area contributed by atoms with Crippen LogP contribution in [0.4, 0.5) is 4.79 Å². The lowest BCUT2D eigenvalue weighted by molar-refractivity contribution is -0.154. The second kappa shape index (κ2) is 6.85. The Bertz CT molecular complexity index is 466. The first-order chi connectivity index (χ1) is 9.66. The van der Waals surface area contributed by atoms with Gasteiger partial charge in [-0.2, -0.15) is 0 Å². The van der Waals surface area contributed by atoms with Crippen molar-refractivity contribution in [2.24, 2.45) is 0 Å². The van der Waals surface area contributed by atoms with Gasteiger partial charge in [-0.15, -0.1) is 0 Å². The molecule has 2 amide bonds. The van der Waals surface area contributed by atoms with E-state index in [-0.39, 0.29) is 19.2 Å². The average Bonchev–Trinajstić information content (AvgIpc) is 2.48. The minimum absolute atomic E-state index is 0.0774. The van der Waals surface area contributed by atoms with Crippen molar-refractivity contribution < 1.29 is 19.4 Å². The van der Waals surface area contributed by atoms with E-state index in [2.05, 4.69) is 10.3 Å². The molecule has 1 aliphatic rings. The molecule has 20 heavy (non-hydrogen) atoms. The predicted octanol–water partition coefficient (Wildman–Crippen LogP) is 0.119. The summed E-state index contributed by atoms with van der Waals surface area (Å²) in [6.45, 7) is 1.21. The Morgan fingerprint density at radius 2 is 2.40 bits per heavy atom. The third-order valence-electron chi connectivity index (χ3n) is 3.04. The summed E-state index contributed by atoms with van der Waals surface area (Å²) in [5.74, 6) is -1.04. The van der Waals surface area contributed by atoms with E-state index >= 15 is 0 Å². The maximum Gasteiger partial charge on any atom is 0.334 e. The van der Waals surface area contributed by atoms with Gasteiger partial charge >= 0.3 is 12.0 Å². The number of pyridine rings is 1. The summed E-state index contributed by atoms with van der Waals surface area (Å²) in [5.41, 5.74) is 1.04. The van der Waals surface area contributed by atoms with Crippen LogP contribution in [0.2, 0.25) is 0 Å². The molecule has 108 valence electrons. The van der Waals surface area contributed by atoms with E-state index in [1.54, 1.807) is 12.4 Å². The van der Waals surface area contributed by atoms with E-state index in [1.165, 1.54) is 4.90 Å². The number of nitrogens with zero attached hydrogens (tertiary/aromatic N) is 2. The molecule has 1 aliphatic heterocycles. The molecule has 0 bridgehead atoms. The highest BCUT2D eigenvalue weighted by Crippen LogP contribution is 2.05. The summed E-state index contributed by atoms with van der Waals surface area (Å²) in [7, 11) is 0. The first-order valence-corrected chi connectivity index (χ1v) is 6.43. The van der Waals surface area contributed by atoms with Crippen LogP contribution in [0, 0.1) is 0 Å². The fraction of sp³-hybridized carbons (Fsp3) is 0.462. The van der Waals surface area contributed by atoms with Crippen LogP contribution in [-0.4, -0.2) is 59.3 Å². The minimum atomic E-state index is -1.04. The number of hydrogen-bond donors (Lipinski definition) is 2. The Balaban J connectivity index is 1.75. The van der Waals surface area contributed by atoms with Crippen LogP contribution in [0.25, 0.3) is 0 Å². The van der Waals surface area contributed by atoms with Crippen LogP contribution in [-0.2, 0) is 16.0 Å². The van der Waals surface area contributed by atoms with E-state index in [0.29, 0.717) is 19.5 Å². The molecule has 2 heterocycles.